The second-order valence-corrected chi connectivity index (χ2v) is 5.36. The van der Waals surface area contributed by atoms with Crippen LogP contribution < -0.4 is 11.1 Å². The summed E-state index contributed by atoms with van der Waals surface area (Å²) in [5.41, 5.74) is 8.21. The van der Waals surface area contributed by atoms with Crippen LogP contribution in [0.1, 0.15) is 30.9 Å². The third kappa shape index (κ3) is 3.80. The molecule has 0 amide bonds. The van der Waals surface area contributed by atoms with Crippen LogP contribution in [0.5, 0.6) is 0 Å². The first-order chi connectivity index (χ1) is 8.72. The molecule has 1 aromatic carbocycles. The van der Waals surface area contributed by atoms with Gasteiger partial charge in [0.25, 0.3) is 0 Å². The fraction of sp³-hybridized carbons (Fsp3) is 0.600. The maximum Gasteiger partial charge on any atom is 0.0779 e. The zero-order valence-corrected chi connectivity index (χ0v) is 11.2. The topological polar surface area (TPSA) is 47.3 Å². The van der Waals surface area contributed by atoms with Crippen molar-refractivity contribution >= 4 is 0 Å². The first-order valence-corrected chi connectivity index (χ1v) is 6.84. The molecule has 3 N–H and O–H groups in total. The van der Waals surface area contributed by atoms with E-state index in [0.29, 0.717) is 6.54 Å². The molecule has 1 unspecified atom stereocenters. The molecule has 1 saturated heterocycles. The van der Waals surface area contributed by atoms with Gasteiger partial charge in [0.15, 0.2) is 0 Å². The van der Waals surface area contributed by atoms with Crippen molar-refractivity contribution in [2.24, 2.45) is 5.73 Å². The van der Waals surface area contributed by atoms with Crippen molar-refractivity contribution in [1.82, 2.24) is 5.32 Å². The number of rotatable bonds is 6. The van der Waals surface area contributed by atoms with Gasteiger partial charge in [-0.05, 0) is 43.9 Å². The fourth-order valence-corrected chi connectivity index (χ4v) is 2.44. The number of hydrogen-bond acceptors (Lipinski definition) is 3. The molecule has 0 aromatic heterocycles. The van der Waals surface area contributed by atoms with E-state index in [9.17, 15) is 0 Å². The third-order valence-electron chi connectivity index (χ3n) is 3.58. The SMILES string of the molecule is CC1(CNCc2ccc(CCN)cc2)CCCO1. The number of hydrogen-bond donors (Lipinski definition) is 2. The minimum Gasteiger partial charge on any atom is -0.374 e. The maximum absolute atomic E-state index is 5.75. The normalized spacial score (nSPS) is 23.4. The average molecular weight is 248 g/mol. The Hall–Kier alpha value is -0.900. The number of ether oxygens (including phenoxy) is 1. The summed E-state index contributed by atoms with van der Waals surface area (Å²) in [6, 6.07) is 8.68. The second-order valence-electron chi connectivity index (χ2n) is 5.36. The van der Waals surface area contributed by atoms with Crippen molar-refractivity contribution in [2.75, 3.05) is 19.7 Å². The van der Waals surface area contributed by atoms with Crippen molar-refractivity contribution in [1.29, 1.82) is 0 Å². The Balaban J connectivity index is 1.76. The van der Waals surface area contributed by atoms with Crippen molar-refractivity contribution in [3.05, 3.63) is 35.4 Å². The zero-order chi connectivity index (χ0) is 12.8. The molecular formula is C15H24N2O. The van der Waals surface area contributed by atoms with Gasteiger partial charge in [-0.15, -0.1) is 0 Å². The lowest BCUT2D eigenvalue weighted by molar-refractivity contribution is 0.0207. The van der Waals surface area contributed by atoms with Crippen molar-refractivity contribution < 1.29 is 4.74 Å². The molecular weight excluding hydrogens is 224 g/mol. The lowest BCUT2D eigenvalue weighted by Crippen LogP contribution is -2.36. The lowest BCUT2D eigenvalue weighted by Gasteiger charge is -2.23. The van der Waals surface area contributed by atoms with Crippen LogP contribution in [0.3, 0.4) is 0 Å². The van der Waals surface area contributed by atoms with E-state index in [1.54, 1.807) is 0 Å². The first kappa shape index (κ1) is 13.5. The van der Waals surface area contributed by atoms with Crippen molar-refractivity contribution in [3.8, 4) is 0 Å². The van der Waals surface area contributed by atoms with Crippen LogP contribution in [0.2, 0.25) is 0 Å². The standard InChI is InChI=1S/C15H24N2O/c1-15(8-2-10-18-15)12-17-11-14-5-3-13(4-6-14)7-9-16/h3-6,17H,2,7-12,16H2,1H3. The van der Waals surface area contributed by atoms with Gasteiger partial charge in [-0.3, -0.25) is 0 Å². The van der Waals surface area contributed by atoms with Crippen molar-refractivity contribution in [3.63, 3.8) is 0 Å². The molecule has 1 atom stereocenters. The van der Waals surface area contributed by atoms with E-state index >= 15 is 0 Å². The smallest absolute Gasteiger partial charge is 0.0779 e. The van der Waals surface area contributed by atoms with E-state index in [2.05, 4.69) is 36.5 Å². The minimum atomic E-state index is 0.0412. The molecule has 1 fully saturated rings. The molecule has 0 saturated carbocycles. The summed E-state index contributed by atoms with van der Waals surface area (Å²) in [7, 11) is 0. The Bertz CT molecular complexity index is 355. The molecule has 18 heavy (non-hydrogen) atoms. The highest BCUT2D eigenvalue weighted by Gasteiger charge is 2.28. The molecule has 3 nitrogen and oxygen atoms in total. The Morgan fingerprint density at radius 2 is 2.00 bits per heavy atom. The number of nitrogens with one attached hydrogen (secondary N) is 1. The van der Waals surface area contributed by atoms with Gasteiger partial charge in [-0.25, -0.2) is 0 Å². The van der Waals surface area contributed by atoms with E-state index in [0.717, 1.165) is 32.5 Å². The monoisotopic (exact) mass is 248 g/mol. The van der Waals surface area contributed by atoms with Gasteiger partial charge in [0, 0.05) is 19.7 Å². The summed E-state index contributed by atoms with van der Waals surface area (Å²) < 4.78 is 5.75. The summed E-state index contributed by atoms with van der Waals surface area (Å²) in [6.45, 7) is 5.65. The number of nitrogens with two attached hydrogens (primary N) is 1. The highest BCUT2D eigenvalue weighted by molar-refractivity contribution is 5.22. The second kappa shape index (κ2) is 6.32. The van der Waals surface area contributed by atoms with Crippen LogP contribution in [0, 0.1) is 0 Å². The molecule has 1 aliphatic heterocycles. The predicted octanol–water partition coefficient (Wildman–Crippen LogP) is 1.85. The van der Waals surface area contributed by atoms with E-state index in [4.69, 9.17) is 10.5 Å². The fourth-order valence-electron chi connectivity index (χ4n) is 2.44. The average Bonchev–Trinajstić information content (AvgIpc) is 2.79. The van der Waals surface area contributed by atoms with Crippen LogP contribution in [0.15, 0.2) is 24.3 Å². The Morgan fingerprint density at radius 1 is 1.28 bits per heavy atom. The van der Waals surface area contributed by atoms with Gasteiger partial charge in [0.05, 0.1) is 5.60 Å². The molecule has 1 aromatic rings. The molecule has 0 radical (unpaired) electrons. The van der Waals surface area contributed by atoms with Crippen molar-refractivity contribution in [2.45, 2.75) is 38.3 Å². The van der Waals surface area contributed by atoms with Crippen LogP contribution in [0.4, 0.5) is 0 Å². The molecule has 0 bridgehead atoms. The van der Waals surface area contributed by atoms with Gasteiger partial charge in [-0.2, -0.15) is 0 Å². The van der Waals surface area contributed by atoms with E-state index in [-0.39, 0.29) is 5.60 Å². The summed E-state index contributed by atoms with van der Waals surface area (Å²) in [5.74, 6) is 0. The molecule has 1 aliphatic rings. The first-order valence-electron chi connectivity index (χ1n) is 6.84. The molecule has 1 heterocycles. The van der Waals surface area contributed by atoms with Crippen LogP contribution in [0.25, 0.3) is 0 Å². The van der Waals surface area contributed by atoms with Gasteiger partial charge >= 0.3 is 0 Å². The zero-order valence-electron chi connectivity index (χ0n) is 11.2. The Labute approximate surface area is 110 Å². The summed E-state index contributed by atoms with van der Waals surface area (Å²) in [6.07, 6.45) is 3.31. The molecule has 2 rings (SSSR count). The van der Waals surface area contributed by atoms with E-state index in [1.165, 1.54) is 17.5 Å². The Morgan fingerprint density at radius 3 is 2.61 bits per heavy atom. The van der Waals surface area contributed by atoms with Gasteiger partial charge in [0.2, 0.25) is 0 Å². The van der Waals surface area contributed by atoms with Crippen LogP contribution >= 0.6 is 0 Å². The molecule has 0 aliphatic carbocycles. The molecule has 100 valence electrons. The third-order valence-corrected chi connectivity index (χ3v) is 3.58. The quantitative estimate of drug-likeness (QED) is 0.807. The highest BCUT2D eigenvalue weighted by Crippen LogP contribution is 2.23. The summed E-state index contributed by atoms with van der Waals surface area (Å²) in [4.78, 5) is 0. The van der Waals surface area contributed by atoms with Crippen LogP contribution in [-0.2, 0) is 17.7 Å². The minimum absolute atomic E-state index is 0.0412. The van der Waals surface area contributed by atoms with Gasteiger partial charge < -0.3 is 15.8 Å². The molecule has 0 spiro atoms. The van der Waals surface area contributed by atoms with Gasteiger partial charge in [0.1, 0.15) is 0 Å². The maximum atomic E-state index is 5.75. The summed E-state index contributed by atoms with van der Waals surface area (Å²) in [5, 5.41) is 3.49. The lowest BCUT2D eigenvalue weighted by atomic mass is 10.0. The predicted molar refractivity (Wildman–Crippen MR) is 74.5 cm³/mol. The number of benzene rings is 1. The van der Waals surface area contributed by atoms with Gasteiger partial charge in [-0.1, -0.05) is 24.3 Å². The Kier molecular flexibility index (Phi) is 4.75. The van der Waals surface area contributed by atoms with E-state index in [1.807, 2.05) is 0 Å². The van der Waals surface area contributed by atoms with Crippen LogP contribution in [-0.4, -0.2) is 25.3 Å². The molecule has 3 heteroatoms. The highest BCUT2D eigenvalue weighted by atomic mass is 16.5. The van der Waals surface area contributed by atoms with E-state index < -0.39 is 0 Å². The largest absolute Gasteiger partial charge is 0.374 e. The summed E-state index contributed by atoms with van der Waals surface area (Å²) >= 11 is 0.